The van der Waals surface area contributed by atoms with Crippen molar-refractivity contribution in [3.05, 3.63) is 51.2 Å². The monoisotopic (exact) mass is 344 g/mol. The Morgan fingerprint density at radius 3 is 2.38 bits per heavy atom. The van der Waals surface area contributed by atoms with Crippen molar-refractivity contribution >= 4 is 33.0 Å². The second-order valence-electron chi connectivity index (χ2n) is 4.45. The predicted molar refractivity (Wildman–Crippen MR) is 87.2 cm³/mol. The summed E-state index contributed by atoms with van der Waals surface area (Å²) in [6.07, 6.45) is 0. The van der Waals surface area contributed by atoms with E-state index in [-0.39, 0.29) is 11.4 Å². The third-order valence-corrected chi connectivity index (χ3v) is 5.53. The maximum atomic E-state index is 12.2. The van der Waals surface area contributed by atoms with Crippen LogP contribution in [0.15, 0.2) is 41.3 Å². The maximum Gasteiger partial charge on any atom is 0.240 e. The topological polar surface area (TPSA) is 58.2 Å². The summed E-state index contributed by atoms with van der Waals surface area (Å²) < 4.78 is 27.6. The Hall–Kier alpha value is -0.920. The highest BCUT2D eigenvalue weighted by Gasteiger charge is 2.13. The molecular weight excluding hydrogens is 328 g/mol. The van der Waals surface area contributed by atoms with E-state index in [9.17, 15) is 8.42 Å². The van der Waals surface area contributed by atoms with E-state index in [1.807, 2.05) is 25.1 Å². The SMILES string of the molecule is CCNCc1ccc(S(=O)(=O)NCc2ccc(Cl)s2)cc1. The molecule has 114 valence electrons. The molecule has 0 aliphatic carbocycles. The number of rotatable bonds is 7. The fraction of sp³-hybridized carbons (Fsp3) is 0.286. The first-order valence-electron chi connectivity index (χ1n) is 6.55. The normalized spacial score (nSPS) is 11.7. The smallest absolute Gasteiger partial charge is 0.240 e. The Kier molecular flexibility index (Phi) is 5.78. The average Bonchev–Trinajstić information content (AvgIpc) is 2.89. The number of benzene rings is 1. The molecule has 0 atom stereocenters. The van der Waals surface area contributed by atoms with Gasteiger partial charge in [-0.2, -0.15) is 0 Å². The Labute approximate surface area is 134 Å². The predicted octanol–water partition coefficient (Wildman–Crippen LogP) is 2.99. The zero-order chi connectivity index (χ0) is 15.3. The number of thiophene rings is 1. The molecule has 0 radical (unpaired) electrons. The van der Waals surface area contributed by atoms with Crippen molar-refractivity contribution < 1.29 is 8.42 Å². The van der Waals surface area contributed by atoms with E-state index in [1.54, 1.807) is 18.2 Å². The third kappa shape index (κ3) is 4.79. The maximum absolute atomic E-state index is 12.2. The van der Waals surface area contributed by atoms with E-state index in [4.69, 9.17) is 11.6 Å². The molecule has 1 heterocycles. The fourth-order valence-corrected chi connectivity index (χ4v) is 3.88. The van der Waals surface area contributed by atoms with Crippen LogP contribution in [0.1, 0.15) is 17.4 Å². The molecule has 2 aromatic rings. The molecule has 1 aromatic heterocycles. The number of hydrogen-bond donors (Lipinski definition) is 2. The molecule has 21 heavy (non-hydrogen) atoms. The standard InChI is InChI=1S/C14H17ClN2O2S2/c1-2-16-9-11-3-6-13(7-4-11)21(18,19)17-10-12-5-8-14(15)20-12/h3-8,16-17H,2,9-10H2,1H3. The third-order valence-electron chi connectivity index (χ3n) is 2.88. The zero-order valence-corrected chi connectivity index (χ0v) is 14.0. The first-order valence-corrected chi connectivity index (χ1v) is 9.22. The van der Waals surface area contributed by atoms with E-state index >= 15 is 0 Å². The van der Waals surface area contributed by atoms with Gasteiger partial charge in [0.05, 0.1) is 9.23 Å². The number of sulfonamides is 1. The van der Waals surface area contributed by atoms with Crippen molar-refractivity contribution in [2.24, 2.45) is 0 Å². The minimum atomic E-state index is -3.49. The zero-order valence-electron chi connectivity index (χ0n) is 11.6. The molecule has 0 saturated heterocycles. The van der Waals surface area contributed by atoms with Crippen LogP contribution >= 0.6 is 22.9 Å². The van der Waals surface area contributed by atoms with Gasteiger partial charge in [0.15, 0.2) is 0 Å². The summed E-state index contributed by atoms with van der Waals surface area (Å²) in [4.78, 5) is 1.15. The van der Waals surface area contributed by atoms with Crippen molar-refractivity contribution in [1.82, 2.24) is 10.0 Å². The first-order chi connectivity index (χ1) is 10.0. The molecule has 0 amide bonds. The summed E-state index contributed by atoms with van der Waals surface area (Å²) in [5, 5.41) is 3.20. The van der Waals surface area contributed by atoms with Gasteiger partial charge in [-0.05, 0) is 36.4 Å². The van der Waals surface area contributed by atoms with Gasteiger partial charge < -0.3 is 5.32 Å². The molecule has 1 aromatic carbocycles. The molecule has 4 nitrogen and oxygen atoms in total. The van der Waals surface area contributed by atoms with Crippen molar-refractivity contribution in [3.8, 4) is 0 Å². The van der Waals surface area contributed by atoms with Gasteiger partial charge in [-0.1, -0.05) is 30.7 Å². The van der Waals surface area contributed by atoms with E-state index in [2.05, 4.69) is 10.0 Å². The molecular formula is C14H17ClN2O2S2. The van der Waals surface area contributed by atoms with Crippen LogP contribution in [0.2, 0.25) is 4.34 Å². The summed E-state index contributed by atoms with van der Waals surface area (Å²) >= 11 is 7.19. The van der Waals surface area contributed by atoms with Crippen LogP contribution in [0, 0.1) is 0 Å². The Morgan fingerprint density at radius 2 is 1.81 bits per heavy atom. The molecule has 0 fully saturated rings. The summed E-state index contributed by atoms with van der Waals surface area (Å²) in [5.74, 6) is 0. The van der Waals surface area contributed by atoms with Gasteiger partial charge in [-0.15, -0.1) is 11.3 Å². The second-order valence-corrected chi connectivity index (χ2v) is 8.02. The lowest BCUT2D eigenvalue weighted by molar-refractivity contribution is 0.581. The van der Waals surface area contributed by atoms with Crippen LogP contribution in [-0.4, -0.2) is 15.0 Å². The summed E-state index contributed by atoms with van der Waals surface area (Å²) in [6, 6.07) is 10.5. The van der Waals surface area contributed by atoms with Crippen molar-refractivity contribution in [2.75, 3.05) is 6.54 Å². The van der Waals surface area contributed by atoms with Crippen molar-refractivity contribution in [2.45, 2.75) is 24.9 Å². The lowest BCUT2D eigenvalue weighted by Gasteiger charge is -2.07. The summed E-state index contributed by atoms with van der Waals surface area (Å²) in [6.45, 7) is 3.89. The Balaban J connectivity index is 2.01. The second kappa shape index (κ2) is 7.38. The van der Waals surface area contributed by atoms with Gasteiger partial charge in [0.25, 0.3) is 0 Å². The molecule has 0 unspecified atom stereocenters. The first kappa shape index (κ1) is 16.5. The molecule has 2 rings (SSSR count). The molecule has 7 heteroatoms. The summed E-state index contributed by atoms with van der Waals surface area (Å²) in [7, 11) is -3.49. The van der Waals surface area contributed by atoms with Gasteiger partial charge >= 0.3 is 0 Å². The van der Waals surface area contributed by atoms with Gasteiger partial charge in [-0.3, -0.25) is 0 Å². The lowest BCUT2D eigenvalue weighted by Crippen LogP contribution is -2.22. The van der Waals surface area contributed by atoms with E-state index in [1.165, 1.54) is 11.3 Å². The van der Waals surface area contributed by atoms with E-state index < -0.39 is 10.0 Å². The van der Waals surface area contributed by atoms with Crippen molar-refractivity contribution in [1.29, 1.82) is 0 Å². The van der Waals surface area contributed by atoms with E-state index in [0.717, 1.165) is 23.5 Å². The quantitative estimate of drug-likeness (QED) is 0.811. The number of hydrogen-bond acceptors (Lipinski definition) is 4. The van der Waals surface area contributed by atoms with Crippen LogP contribution in [0.25, 0.3) is 0 Å². The highest BCUT2D eigenvalue weighted by molar-refractivity contribution is 7.89. The lowest BCUT2D eigenvalue weighted by atomic mass is 10.2. The van der Waals surface area contributed by atoms with Gasteiger partial charge in [-0.25, -0.2) is 13.1 Å². The van der Waals surface area contributed by atoms with Crippen LogP contribution < -0.4 is 10.0 Å². The molecule has 0 bridgehead atoms. The molecule has 0 aliphatic heterocycles. The largest absolute Gasteiger partial charge is 0.313 e. The van der Waals surface area contributed by atoms with Crippen molar-refractivity contribution in [3.63, 3.8) is 0 Å². The Morgan fingerprint density at radius 1 is 1.10 bits per heavy atom. The average molecular weight is 345 g/mol. The van der Waals surface area contributed by atoms with Crippen LogP contribution in [0.3, 0.4) is 0 Å². The number of halogens is 1. The highest BCUT2D eigenvalue weighted by atomic mass is 35.5. The molecule has 0 saturated carbocycles. The minimum Gasteiger partial charge on any atom is -0.313 e. The van der Waals surface area contributed by atoms with E-state index in [0.29, 0.717) is 4.34 Å². The van der Waals surface area contributed by atoms with Gasteiger partial charge in [0.1, 0.15) is 0 Å². The Bertz CT molecular complexity index is 681. The van der Waals surface area contributed by atoms with Gasteiger partial charge in [0.2, 0.25) is 10.0 Å². The highest BCUT2D eigenvalue weighted by Crippen LogP contribution is 2.21. The molecule has 2 N–H and O–H groups in total. The molecule has 0 aliphatic rings. The van der Waals surface area contributed by atoms with Crippen LogP contribution in [-0.2, 0) is 23.1 Å². The summed E-state index contributed by atoms with van der Waals surface area (Å²) in [5.41, 5.74) is 1.06. The van der Waals surface area contributed by atoms with Gasteiger partial charge in [0, 0.05) is 18.0 Å². The van der Waals surface area contributed by atoms with Crippen LogP contribution in [0.5, 0.6) is 0 Å². The van der Waals surface area contributed by atoms with Crippen LogP contribution in [0.4, 0.5) is 0 Å². The number of nitrogens with one attached hydrogen (secondary N) is 2. The minimum absolute atomic E-state index is 0.249. The molecule has 0 spiro atoms. The fourth-order valence-electron chi connectivity index (χ4n) is 1.75.